The summed E-state index contributed by atoms with van der Waals surface area (Å²) in [6.45, 7) is 5.92. The molecular weight excluding hydrogens is 208 g/mol. The van der Waals surface area contributed by atoms with Crippen LogP contribution >= 0.6 is 11.3 Å². The molecule has 3 nitrogen and oxygen atoms in total. The van der Waals surface area contributed by atoms with Crippen LogP contribution in [0.25, 0.3) is 4.96 Å². The molecule has 0 saturated carbocycles. The SMILES string of the molecule is CC(C)C(C)(O)Cc1cn2ccsc2n1. The molecule has 1 atom stereocenters. The minimum Gasteiger partial charge on any atom is -0.390 e. The number of thiazole rings is 1. The zero-order chi connectivity index (χ0) is 11.1. The van der Waals surface area contributed by atoms with Gasteiger partial charge < -0.3 is 5.11 Å². The van der Waals surface area contributed by atoms with E-state index >= 15 is 0 Å². The Balaban J connectivity index is 2.22. The molecule has 0 fully saturated rings. The van der Waals surface area contributed by atoms with Crippen molar-refractivity contribution in [2.24, 2.45) is 5.92 Å². The molecule has 0 amide bonds. The van der Waals surface area contributed by atoms with E-state index in [4.69, 9.17) is 0 Å². The van der Waals surface area contributed by atoms with Gasteiger partial charge in [0.15, 0.2) is 4.96 Å². The van der Waals surface area contributed by atoms with Gasteiger partial charge in [0.25, 0.3) is 0 Å². The van der Waals surface area contributed by atoms with E-state index in [2.05, 4.69) is 4.98 Å². The molecule has 2 aromatic rings. The van der Waals surface area contributed by atoms with Crippen LogP contribution in [-0.4, -0.2) is 20.1 Å². The lowest BCUT2D eigenvalue weighted by Gasteiger charge is -2.26. The van der Waals surface area contributed by atoms with Crippen molar-refractivity contribution in [1.82, 2.24) is 9.38 Å². The third kappa shape index (κ3) is 2.06. The number of imidazole rings is 1. The van der Waals surface area contributed by atoms with Crippen LogP contribution in [-0.2, 0) is 6.42 Å². The zero-order valence-electron chi connectivity index (χ0n) is 9.27. The molecule has 0 aliphatic rings. The predicted molar refractivity (Wildman–Crippen MR) is 62.2 cm³/mol. The average Bonchev–Trinajstić information content (AvgIpc) is 2.62. The zero-order valence-corrected chi connectivity index (χ0v) is 10.1. The fourth-order valence-electron chi connectivity index (χ4n) is 1.43. The van der Waals surface area contributed by atoms with Crippen molar-refractivity contribution in [1.29, 1.82) is 0 Å². The molecule has 1 unspecified atom stereocenters. The Labute approximate surface area is 93.4 Å². The van der Waals surface area contributed by atoms with Crippen LogP contribution in [0.1, 0.15) is 26.5 Å². The van der Waals surface area contributed by atoms with Gasteiger partial charge in [0.2, 0.25) is 0 Å². The summed E-state index contributed by atoms with van der Waals surface area (Å²) in [5, 5.41) is 12.2. The Kier molecular flexibility index (Phi) is 2.56. The Morgan fingerprint density at radius 3 is 2.93 bits per heavy atom. The maximum absolute atomic E-state index is 10.2. The molecule has 0 bridgehead atoms. The Hall–Kier alpha value is -0.870. The van der Waals surface area contributed by atoms with E-state index in [-0.39, 0.29) is 5.92 Å². The van der Waals surface area contributed by atoms with Crippen LogP contribution in [0.15, 0.2) is 17.8 Å². The summed E-state index contributed by atoms with van der Waals surface area (Å²) in [5.74, 6) is 0.234. The van der Waals surface area contributed by atoms with E-state index in [0.717, 1.165) is 10.7 Å². The second kappa shape index (κ2) is 3.61. The summed E-state index contributed by atoms with van der Waals surface area (Å²) in [6, 6.07) is 0. The maximum atomic E-state index is 10.2. The highest BCUT2D eigenvalue weighted by atomic mass is 32.1. The molecule has 0 saturated heterocycles. The fraction of sp³-hybridized carbons (Fsp3) is 0.545. The lowest BCUT2D eigenvalue weighted by molar-refractivity contribution is 0.0132. The lowest BCUT2D eigenvalue weighted by atomic mass is 9.88. The van der Waals surface area contributed by atoms with Crippen molar-refractivity contribution in [2.75, 3.05) is 0 Å². The van der Waals surface area contributed by atoms with E-state index in [1.165, 1.54) is 0 Å². The highest BCUT2D eigenvalue weighted by Crippen LogP contribution is 2.22. The topological polar surface area (TPSA) is 37.5 Å². The molecule has 0 aromatic carbocycles. The van der Waals surface area contributed by atoms with Crippen molar-refractivity contribution in [3.8, 4) is 0 Å². The first kappa shape index (κ1) is 10.6. The standard InChI is InChI=1S/C11H16N2OS/c1-8(2)11(3,14)6-9-7-13-4-5-15-10(13)12-9/h4-5,7-8,14H,6H2,1-3H3. The van der Waals surface area contributed by atoms with Crippen molar-refractivity contribution in [2.45, 2.75) is 32.8 Å². The monoisotopic (exact) mass is 224 g/mol. The van der Waals surface area contributed by atoms with Gasteiger partial charge in [-0.2, -0.15) is 0 Å². The molecule has 0 spiro atoms. The van der Waals surface area contributed by atoms with Gasteiger partial charge in [-0.15, -0.1) is 11.3 Å². The fourth-order valence-corrected chi connectivity index (χ4v) is 2.15. The molecule has 2 heterocycles. The smallest absolute Gasteiger partial charge is 0.193 e. The van der Waals surface area contributed by atoms with Gasteiger partial charge in [-0.1, -0.05) is 13.8 Å². The summed E-state index contributed by atoms with van der Waals surface area (Å²) in [6.07, 6.45) is 4.59. The van der Waals surface area contributed by atoms with Gasteiger partial charge in [0.05, 0.1) is 11.3 Å². The summed E-state index contributed by atoms with van der Waals surface area (Å²) < 4.78 is 2.00. The minimum absolute atomic E-state index is 0.234. The molecule has 2 rings (SSSR count). The van der Waals surface area contributed by atoms with Gasteiger partial charge in [0, 0.05) is 24.2 Å². The van der Waals surface area contributed by atoms with Crippen molar-refractivity contribution in [3.05, 3.63) is 23.5 Å². The van der Waals surface area contributed by atoms with Crippen LogP contribution < -0.4 is 0 Å². The first-order valence-electron chi connectivity index (χ1n) is 5.12. The minimum atomic E-state index is -0.677. The second-order valence-electron chi connectivity index (χ2n) is 4.51. The first-order valence-corrected chi connectivity index (χ1v) is 6.00. The summed E-state index contributed by atoms with van der Waals surface area (Å²) in [5.41, 5.74) is 0.282. The van der Waals surface area contributed by atoms with Crippen LogP contribution in [0.5, 0.6) is 0 Å². The Bertz CT molecular complexity index is 427. The average molecular weight is 224 g/mol. The van der Waals surface area contributed by atoms with Crippen LogP contribution in [0.3, 0.4) is 0 Å². The predicted octanol–water partition coefficient (Wildman–Crippen LogP) is 2.35. The number of hydrogen-bond acceptors (Lipinski definition) is 3. The van der Waals surface area contributed by atoms with E-state index in [0.29, 0.717) is 6.42 Å². The number of hydrogen-bond donors (Lipinski definition) is 1. The van der Waals surface area contributed by atoms with E-state index in [1.54, 1.807) is 11.3 Å². The number of fused-ring (bicyclic) bond motifs is 1. The summed E-state index contributed by atoms with van der Waals surface area (Å²) >= 11 is 1.61. The van der Waals surface area contributed by atoms with E-state index in [1.807, 2.05) is 42.9 Å². The second-order valence-corrected chi connectivity index (χ2v) is 5.39. The highest BCUT2D eigenvalue weighted by Gasteiger charge is 2.26. The Morgan fingerprint density at radius 2 is 2.33 bits per heavy atom. The van der Waals surface area contributed by atoms with E-state index in [9.17, 15) is 5.11 Å². The normalized spacial score (nSPS) is 16.1. The molecular formula is C11H16N2OS. The number of nitrogens with zero attached hydrogens (tertiary/aromatic N) is 2. The largest absolute Gasteiger partial charge is 0.390 e. The Morgan fingerprint density at radius 1 is 1.60 bits per heavy atom. The molecule has 15 heavy (non-hydrogen) atoms. The highest BCUT2D eigenvalue weighted by molar-refractivity contribution is 7.15. The molecule has 1 N–H and O–H groups in total. The summed E-state index contributed by atoms with van der Waals surface area (Å²) in [7, 11) is 0. The third-order valence-corrected chi connectivity index (χ3v) is 3.70. The van der Waals surface area contributed by atoms with Gasteiger partial charge in [-0.3, -0.25) is 4.40 Å². The molecule has 0 aliphatic heterocycles. The molecule has 0 aliphatic carbocycles. The molecule has 0 radical (unpaired) electrons. The van der Waals surface area contributed by atoms with Crippen LogP contribution in [0, 0.1) is 5.92 Å². The van der Waals surface area contributed by atoms with Gasteiger partial charge in [-0.05, 0) is 12.8 Å². The number of aliphatic hydroxyl groups is 1. The van der Waals surface area contributed by atoms with Crippen LogP contribution in [0.2, 0.25) is 0 Å². The van der Waals surface area contributed by atoms with Gasteiger partial charge >= 0.3 is 0 Å². The maximum Gasteiger partial charge on any atom is 0.193 e. The quantitative estimate of drug-likeness (QED) is 0.869. The lowest BCUT2D eigenvalue weighted by Crippen LogP contribution is -2.33. The van der Waals surface area contributed by atoms with Crippen molar-refractivity contribution in [3.63, 3.8) is 0 Å². The first-order chi connectivity index (χ1) is 6.99. The molecule has 82 valence electrons. The van der Waals surface area contributed by atoms with Crippen molar-refractivity contribution >= 4 is 16.3 Å². The summed E-state index contributed by atoms with van der Waals surface area (Å²) in [4.78, 5) is 5.45. The van der Waals surface area contributed by atoms with Crippen molar-refractivity contribution < 1.29 is 5.11 Å². The van der Waals surface area contributed by atoms with Gasteiger partial charge in [-0.25, -0.2) is 4.98 Å². The third-order valence-electron chi connectivity index (χ3n) is 2.93. The molecule has 4 heteroatoms. The van der Waals surface area contributed by atoms with Gasteiger partial charge in [0.1, 0.15) is 0 Å². The van der Waals surface area contributed by atoms with E-state index < -0.39 is 5.60 Å². The number of aromatic nitrogens is 2. The number of rotatable bonds is 3. The van der Waals surface area contributed by atoms with Crippen LogP contribution in [0.4, 0.5) is 0 Å². The molecule has 2 aromatic heterocycles.